The Balaban J connectivity index is 3.04. The molecular weight excluding hydrogens is 282 g/mol. The van der Waals surface area contributed by atoms with Crippen molar-refractivity contribution in [3.05, 3.63) is 11.9 Å². The van der Waals surface area contributed by atoms with Crippen LogP contribution in [0.15, 0.2) is 11.1 Å². The molecule has 0 aliphatic heterocycles. The van der Waals surface area contributed by atoms with Gasteiger partial charge in [-0.15, -0.1) is 0 Å². The summed E-state index contributed by atoms with van der Waals surface area (Å²) in [5.74, 6) is 0. The molecule has 0 aliphatic carbocycles. The summed E-state index contributed by atoms with van der Waals surface area (Å²) in [5.41, 5.74) is 0.159. The van der Waals surface area contributed by atoms with Gasteiger partial charge in [0.2, 0.25) is 10.0 Å². The molecular formula is C12H23N3O4S. The number of hydrogen-bond acceptors (Lipinski definition) is 5. The highest BCUT2D eigenvalue weighted by Crippen LogP contribution is 2.27. The Morgan fingerprint density at radius 3 is 2.35 bits per heavy atom. The van der Waals surface area contributed by atoms with Gasteiger partial charge in [-0.3, -0.25) is 4.68 Å². The second kappa shape index (κ2) is 6.21. The molecule has 1 aromatic rings. The van der Waals surface area contributed by atoms with E-state index < -0.39 is 16.3 Å². The van der Waals surface area contributed by atoms with Gasteiger partial charge in [0.25, 0.3) is 0 Å². The minimum atomic E-state index is -3.66. The van der Waals surface area contributed by atoms with Crippen molar-refractivity contribution in [2.75, 3.05) is 20.8 Å². The lowest BCUT2D eigenvalue weighted by Gasteiger charge is -2.18. The molecule has 0 fully saturated rings. The summed E-state index contributed by atoms with van der Waals surface area (Å²) >= 11 is 0. The van der Waals surface area contributed by atoms with Crippen molar-refractivity contribution in [3.8, 4) is 0 Å². The fourth-order valence-electron chi connectivity index (χ4n) is 1.70. The average Bonchev–Trinajstić information content (AvgIpc) is 2.73. The van der Waals surface area contributed by atoms with Gasteiger partial charge in [-0.25, -0.2) is 13.1 Å². The van der Waals surface area contributed by atoms with Crippen LogP contribution in [0.25, 0.3) is 0 Å². The summed E-state index contributed by atoms with van der Waals surface area (Å²) in [6.45, 7) is 5.79. The smallest absolute Gasteiger partial charge is 0.244 e. The van der Waals surface area contributed by atoms with E-state index in [2.05, 4.69) is 9.82 Å². The Labute approximate surface area is 120 Å². The van der Waals surface area contributed by atoms with Crippen LogP contribution in [0.2, 0.25) is 0 Å². The predicted molar refractivity (Wildman–Crippen MR) is 74.9 cm³/mol. The zero-order valence-electron chi connectivity index (χ0n) is 12.8. The third kappa shape index (κ3) is 4.02. The van der Waals surface area contributed by atoms with E-state index >= 15 is 0 Å². The largest absolute Gasteiger partial charge is 0.355 e. The quantitative estimate of drug-likeness (QED) is 0.779. The first-order chi connectivity index (χ1) is 9.11. The van der Waals surface area contributed by atoms with E-state index in [-0.39, 0.29) is 16.9 Å². The highest BCUT2D eigenvalue weighted by Gasteiger charge is 2.29. The van der Waals surface area contributed by atoms with Crippen molar-refractivity contribution in [2.24, 2.45) is 7.05 Å². The van der Waals surface area contributed by atoms with Gasteiger partial charge in [-0.05, 0) is 0 Å². The first kappa shape index (κ1) is 17.1. The minimum absolute atomic E-state index is 0.0355. The Bertz CT molecular complexity index is 542. The monoisotopic (exact) mass is 305 g/mol. The Morgan fingerprint density at radius 1 is 1.35 bits per heavy atom. The molecule has 0 unspecified atom stereocenters. The molecule has 0 saturated heterocycles. The van der Waals surface area contributed by atoms with Gasteiger partial charge in [-0.2, -0.15) is 5.10 Å². The molecule has 116 valence electrons. The lowest BCUT2D eigenvalue weighted by atomic mass is 9.92. The number of rotatable bonds is 6. The lowest BCUT2D eigenvalue weighted by Crippen LogP contribution is -2.35. The van der Waals surface area contributed by atoms with Crippen LogP contribution in [-0.4, -0.2) is 45.3 Å². The minimum Gasteiger partial charge on any atom is -0.355 e. The summed E-state index contributed by atoms with van der Waals surface area (Å²) in [6, 6.07) is 0. The second-order valence-electron chi connectivity index (χ2n) is 5.52. The van der Waals surface area contributed by atoms with Crippen LogP contribution in [0.4, 0.5) is 0 Å². The van der Waals surface area contributed by atoms with Gasteiger partial charge in [0.1, 0.15) is 4.90 Å². The van der Waals surface area contributed by atoms with Crippen LogP contribution >= 0.6 is 0 Å². The third-order valence-corrected chi connectivity index (χ3v) is 4.19. The maximum atomic E-state index is 12.4. The van der Waals surface area contributed by atoms with Crippen molar-refractivity contribution < 1.29 is 17.9 Å². The Kier molecular flexibility index (Phi) is 5.31. The van der Waals surface area contributed by atoms with Crippen molar-refractivity contribution in [1.82, 2.24) is 14.5 Å². The predicted octanol–water partition coefficient (Wildman–Crippen LogP) is 0.615. The molecule has 1 rings (SSSR count). The number of nitrogens with zero attached hydrogens (tertiary/aromatic N) is 2. The summed E-state index contributed by atoms with van der Waals surface area (Å²) in [5, 5.41) is 4.25. The van der Waals surface area contributed by atoms with Gasteiger partial charge in [0.05, 0.1) is 12.2 Å². The number of aryl methyl sites for hydroxylation is 1. The van der Waals surface area contributed by atoms with E-state index in [1.165, 1.54) is 25.1 Å². The molecule has 0 saturated carbocycles. The molecule has 7 nitrogen and oxygen atoms in total. The van der Waals surface area contributed by atoms with E-state index in [4.69, 9.17) is 9.47 Å². The van der Waals surface area contributed by atoms with E-state index in [0.717, 1.165) is 0 Å². The van der Waals surface area contributed by atoms with E-state index in [9.17, 15) is 8.42 Å². The van der Waals surface area contributed by atoms with Crippen LogP contribution in [0.3, 0.4) is 0 Å². The molecule has 20 heavy (non-hydrogen) atoms. The summed E-state index contributed by atoms with van der Waals surface area (Å²) < 4.78 is 38.6. The summed E-state index contributed by atoms with van der Waals surface area (Å²) in [4.78, 5) is 0.179. The number of nitrogens with one attached hydrogen (secondary N) is 1. The zero-order chi connectivity index (χ0) is 15.6. The standard InChI is InChI=1S/C12H23N3O4S/c1-12(2,3)11-9(8-15(4)14-11)20(16,17)13-7-10(18-5)19-6/h8,10,13H,7H2,1-6H3. The van der Waals surface area contributed by atoms with Gasteiger partial charge in [0, 0.05) is 32.9 Å². The molecule has 1 aromatic heterocycles. The molecule has 0 atom stereocenters. The highest BCUT2D eigenvalue weighted by atomic mass is 32.2. The molecule has 1 heterocycles. The first-order valence-electron chi connectivity index (χ1n) is 6.21. The van der Waals surface area contributed by atoms with Crippen molar-refractivity contribution >= 4 is 10.0 Å². The second-order valence-corrected chi connectivity index (χ2v) is 7.25. The maximum absolute atomic E-state index is 12.4. The van der Waals surface area contributed by atoms with Crippen LogP contribution < -0.4 is 4.72 Å². The van der Waals surface area contributed by atoms with Crippen molar-refractivity contribution in [2.45, 2.75) is 37.4 Å². The number of ether oxygens (including phenoxy) is 2. The molecule has 8 heteroatoms. The first-order valence-corrected chi connectivity index (χ1v) is 7.69. The molecule has 1 N–H and O–H groups in total. The summed E-state index contributed by atoms with van der Waals surface area (Å²) in [7, 11) is 0.937. The van der Waals surface area contributed by atoms with Gasteiger partial charge < -0.3 is 9.47 Å². The van der Waals surface area contributed by atoms with Gasteiger partial charge in [0.15, 0.2) is 6.29 Å². The fraction of sp³-hybridized carbons (Fsp3) is 0.750. The number of methoxy groups -OCH3 is 2. The number of aromatic nitrogens is 2. The van der Waals surface area contributed by atoms with Gasteiger partial charge in [-0.1, -0.05) is 20.8 Å². The third-order valence-electron chi connectivity index (χ3n) is 2.76. The molecule has 0 spiro atoms. The van der Waals surface area contributed by atoms with Crippen LogP contribution in [0.5, 0.6) is 0 Å². The molecule has 0 bridgehead atoms. The van der Waals surface area contributed by atoms with E-state index in [1.807, 2.05) is 20.8 Å². The van der Waals surface area contributed by atoms with Crippen molar-refractivity contribution in [3.63, 3.8) is 0 Å². The van der Waals surface area contributed by atoms with Crippen LogP contribution in [0.1, 0.15) is 26.5 Å². The summed E-state index contributed by atoms with van der Waals surface area (Å²) in [6.07, 6.45) is 0.872. The lowest BCUT2D eigenvalue weighted by molar-refractivity contribution is -0.0960. The van der Waals surface area contributed by atoms with Crippen molar-refractivity contribution in [1.29, 1.82) is 0 Å². The normalized spacial score (nSPS) is 13.2. The maximum Gasteiger partial charge on any atom is 0.244 e. The molecule has 0 aliphatic rings. The highest BCUT2D eigenvalue weighted by molar-refractivity contribution is 7.89. The molecule has 0 radical (unpaired) electrons. The topological polar surface area (TPSA) is 82.5 Å². The SMILES string of the molecule is COC(CNS(=O)(=O)c1cn(C)nc1C(C)(C)C)OC. The molecule has 0 aromatic carbocycles. The molecule has 0 amide bonds. The van der Waals surface area contributed by atoms with E-state index in [1.54, 1.807) is 7.05 Å². The van der Waals surface area contributed by atoms with Crippen LogP contribution in [0, 0.1) is 0 Å². The van der Waals surface area contributed by atoms with E-state index in [0.29, 0.717) is 5.69 Å². The zero-order valence-corrected chi connectivity index (χ0v) is 13.6. The fourth-order valence-corrected chi connectivity index (χ4v) is 3.11. The Morgan fingerprint density at radius 2 is 1.90 bits per heavy atom. The Hall–Kier alpha value is -0.960. The average molecular weight is 305 g/mol. The number of hydrogen-bond donors (Lipinski definition) is 1. The van der Waals surface area contributed by atoms with Crippen LogP contribution in [-0.2, 0) is 32.0 Å². The number of sulfonamides is 1. The van der Waals surface area contributed by atoms with Gasteiger partial charge >= 0.3 is 0 Å².